The van der Waals surface area contributed by atoms with Crippen molar-refractivity contribution < 1.29 is 13.2 Å². The molecule has 1 fully saturated rings. The second kappa shape index (κ2) is 13.0. The Morgan fingerprint density at radius 3 is 2.53 bits per heavy atom. The first-order chi connectivity index (χ1) is 15.0. The Balaban J connectivity index is 0.00000363. The van der Waals surface area contributed by atoms with Crippen LogP contribution in [0.15, 0.2) is 59.6 Å². The summed E-state index contributed by atoms with van der Waals surface area (Å²) in [6.45, 7) is 5.02. The minimum Gasteiger partial charge on any atom is -0.497 e. The van der Waals surface area contributed by atoms with E-state index in [4.69, 9.17) is 4.74 Å². The van der Waals surface area contributed by atoms with Crippen molar-refractivity contribution >= 4 is 40.0 Å². The van der Waals surface area contributed by atoms with Crippen molar-refractivity contribution in [3.63, 3.8) is 0 Å². The molecule has 9 heteroatoms. The third-order valence-corrected chi connectivity index (χ3v) is 6.67. The molecule has 1 unspecified atom stereocenters. The molecule has 0 aromatic heterocycles. The molecule has 176 valence electrons. The van der Waals surface area contributed by atoms with E-state index in [1.807, 2.05) is 49.4 Å². The SMILES string of the molecule is CCNC(=NCCS(=O)(=O)NCc1ccccc1)N1CCC(c2ccc(OC)cc2)C1.I. The molecule has 0 saturated carbocycles. The fourth-order valence-electron chi connectivity index (χ4n) is 3.66. The number of hydrogen-bond acceptors (Lipinski definition) is 4. The number of halogens is 1. The Morgan fingerprint density at radius 1 is 1.16 bits per heavy atom. The van der Waals surface area contributed by atoms with Gasteiger partial charge in [-0.05, 0) is 36.6 Å². The number of ether oxygens (including phenoxy) is 1. The first kappa shape index (κ1) is 26.4. The normalized spacial score (nSPS) is 16.5. The maximum Gasteiger partial charge on any atom is 0.213 e. The van der Waals surface area contributed by atoms with Gasteiger partial charge in [0.05, 0.1) is 19.4 Å². The fraction of sp³-hybridized carbons (Fsp3) is 0.435. The summed E-state index contributed by atoms with van der Waals surface area (Å²) in [5, 5.41) is 3.30. The standard InChI is InChI=1S/C23H32N4O3S.HI/c1-3-24-23(25-14-16-31(28,29)26-17-19-7-5-4-6-8-19)27-15-13-21(18-27)20-9-11-22(30-2)12-10-20;/h4-12,21,26H,3,13-18H2,1-2H3,(H,24,25);1H. The molecule has 32 heavy (non-hydrogen) atoms. The molecule has 0 radical (unpaired) electrons. The summed E-state index contributed by atoms with van der Waals surface area (Å²) < 4.78 is 32.5. The molecule has 1 atom stereocenters. The number of likely N-dealkylation sites (tertiary alicyclic amines) is 1. The Bertz CT molecular complexity index is 953. The van der Waals surface area contributed by atoms with E-state index in [0.29, 0.717) is 12.5 Å². The van der Waals surface area contributed by atoms with Crippen LogP contribution in [0.3, 0.4) is 0 Å². The van der Waals surface area contributed by atoms with E-state index < -0.39 is 10.0 Å². The Hall–Kier alpha value is -1.85. The van der Waals surface area contributed by atoms with Crippen molar-refractivity contribution in [2.75, 3.05) is 39.0 Å². The van der Waals surface area contributed by atoms with Crippen LogP contribution in [0.2, 0.25) is 0 Å². The van der Waals surface area contributed by atoms with E-state index in [0.717, 1.165) is 43.3 Å². The zero-order chi connectivity index (χ0) is 22.1. The number of rotatable bonds is 9. The Labute approximate surface area is 208 Å². The van der Waals surface area contributed by atoms with Crippen LogP contribution in [0.25, 0.3) is 0 Å². The molecule has 0 amide bonds. The minimum absolute atomic E-state index is 0. The molecule has 0 spiro atoms. The van der Waals surface area contributed by atoms with Crippen LogP contribution in [0, 0.1) is 0 Å². The van der Waals surface area contributed by atoms with Gasteiger partial charge in [-0.1, -0.05) is 42.5 Å². The van der Waals surface area contributed by atoms with Gasteiger partial charge in [-0.3, -0.25) is 4.99 Å². The third-order valence-electron chi connectivity index (χ3n) is 5.37. The van der Waals surface area contributed by atoms with Crippen molar-refractivity contribution in [1.29, 1.82) is 0 Å². The van der Waals surface area contributed by atoms with Gasteiger partial charge in [0.25, 0.3) is 0 Å². The summed E-state index contributed by atoms with van der Waals surface area (Å²) in [5.41, 5.74) is 2.22. The van der Waals surface area contributed by atoms with Crippen LogP contribution in [0.1, 0.15) is 30.4 Å². The highest BCUT2D eigenvalue weighted by Crippen LogP contribution is 2.28. The lowest BCUT2D eigenvalue weighted by molar-refractivity contribution is 0.414. The zero-order valence-corrected chi connectivity index (χ0v) is 21.8. The minimum atomic E-state index is -3.39. The largest absolute Gasteiger partial charge is 0.497 e. The van der Waals surface area contributed by atoms with Gasteiger partial charge in [-0.25, -0.2) is 13.1 Å². The topological polar surface area (TPSA) is 83.0 Å². The number of nitrogens with zero attached hydrogens (tertiary/aromatic N) is 2. The van der Waals surface area contributed by atoms with Crippen LogP contribution in [-0.4, -0.2) is 58.3 Å². The van der Waals surface area contributed by atoms with Gasteiger partial charge in [-0.15, -0.1) is 24.0 Å². The molecule has 1 aliphatic rings. The molecule has 2 N–H and O–H groups in total. The molecule has 1 heterocycles. The van der Waals surface area contributed by atoms with Gasteiger partial charge in [0, 0.05) is 32.1 Å². The summed E-state index contributed by atoms with van der Waals surface area (Å²) in [7, 11) is -1.72. The maximum atomic E-state index is 12.3. The molecular weight excluding hydrogens is 539 g/mol. The van der Waals surface area contributed by atoms with Gasteiger partial charge >= 0.3 is 0 Å². The first-order valence-electron chi connectivity index (χ1n) is 10.7. The number of hydrogen-bond donors (Lipinski definition) is 2. The molecule has 0 aliphatic carbocycles. The second-order valence-electron chi connectivity index (χ2n) is 7.57. The van der Waals surface area contributed by atoms with E-state index in [1.54, 1.807) is 7.11 Å². The summed E-state index contributed by atoms with van der Waals surface area (Å²) in [5.74, 6) is 2.02. The van der Waals surface area contributed by atoms with E-state index >= 15 is 0 Å². The second-order valence-corrected chi connectivity index (χ2v) is 9.49. The summed E-state index contributed by atoms with van der Waals surface area (Å²) in [4.78, 5) is 6.79. The number of benzene rings is 2. The Morgan fingerprint density at radius 2 is 1.88 bits per heavy atom. The van der Waals surface area contributed by atoms with Crippen LogP contribution in [0.5, 0.6) is 5.75 Å². The highest BCUT2D eigenvalue weighted by molar-refractivity contribution is 14.0. The van der Waals surface area contributed by atoms with Crippen molar-refractivity contribution in [3.05, 3.63) is 65.7 Å². The molecule has 1 aliphatic heterocycles. The van der Waals surface area contributed by atoms with Crippen molar-refractivity contribution in [2.45, 2.75) is 25.8 Å². The number of guanidine groups is 1. The molecule has 3 rings (SSSR count). The van der Waals surface area contributed by atoms with E-state index in [1.165, 1.54) is 5.56 Å². The van der Waals surface area contributed by atoms with Gasteiger partial charge in [0.2, 0.25) is 10.0 Å². The quantitative estimate of drug-likeness (QED) is 0.274. The number of methoxy groups -OCH3 is 1. The van der Waals surface area contributed by atoms with E-state index in [2.05, 4.69) is 32.1 Å². The van der Waals surface area contributed by atoms with Gasteiger partial charge < -0.3 is 15.0 Å². The van der Waals surface area contributed by atoms with Crippen LogP contribution < -0.4 is 14.8 Å². The van der Waals surface area contributed by atoms with Crippen molar-refractivity contribution in [3.8, 4) is 5.75 Å². The van der Waals surface area contributed by atoms with Gasteiger partial charge in [0.1, 0.15) is 5.75 Å². The monoisotopic (exact) mass is 572 g/mol. The van der Waals surface area contributed by atoms with E-state index in [-0.39, 0.29) is 36.3 Å². The number of sulfonamides is 1. The highest BCUT2D eigenvalue weighted by Gasteiger charge is 2.26. The average Bonchev–Trinajstić information content (AvgIpc) is 3.28. The van der Waals surface area contributed by atoms with Crippen LogP contribution in [0.4, 0.5) is 0 Å². The first-order valence-corrected chi connectivity index (χ1v) is 12.3. The predicted molar refractivity (Wildman–Crippen MR) is 140 cm³/mol. The van der Waals surface area contributed by atoms with Crippen LogP contribution >= 0.6 is 24.0 Å². The highest BCUT2D eigenvalue weighted by atomic mass is 127. The maximum absolute atomic E-state index is 12.3. The molecule has 1 saturated heterocycles. The lowest BCUT2D eigenvalue weighted by Gasteiger charge is -2.22. The fourth-order valence-corrected chi connectivity index (χ4v) is 4.52. The number of nitrogens with one attached hydrogen (secondary N) is 2. The molecular formula is C23H33IN4O3S. The molecule has 2 aromatic rings. The summed E-state index contributed by atoms with van der Waals surface area (Å²) in [6, 6.07) is 17.7. The third kappa shape index (κ3) is 7.93. The Kier molecular flexibility index (Phi) is 10.7. The van der Waals surface area contributed by atoms with Gasteiger partial charge in [0.15, 0.2) is 5.96 Å². The lowest BCUT2D eigenvalue weighted by atomic mass is 9.98. The predicted octanol–water partition coefficient (Wildman–Crippen LogP) is 3.19. The zero-order valence-electron chi connectivity index (χ0n) is 18.7. The molecule has 2 aromatic carbocycles. The van der Waals surface area contributed by atoms with Crippen LogP contribution in [-0.2, 0) is 16.6 Å². The summed E-state index contributed by atoms with van der Waals surface area (Å²) >= 11 is 0. The van der Waals surface area contributed by atoms with Crippen molar-refractivity contribution in [2.24, 2.45) is 4.99 Å². The molecule has 7 nitrogen and oxygen atoms in total. The van der Waals surface area contributed by atoms with E-state index in [9.17, 15) is 8.42 Å². The summed E-state index contributed by atoms with van der Waals surface area (Å²) in [6.07, 6.45) is 1.04. The molecule has 0 bridgehead atoms. The number of aliphatic imine (C=N–C) groups is 1. The van der Waals surface area contributed by atoms with Crippen molar-refractivity contribution in [1.82, 2.24) is 14.9 Å². The lowest BCUT2D eigenvalue weighted by Crippen LogP contribution is -2.40. The average molecular weight is 573 g/mol. The smallest absolute Gasteiger partial charge is 0.213 e. The van der Waals surface area contributed by atoms with Gasteiger partial charge in [-0.2, -0.15) is 0 Å².